The van der Waals surface area contributed by atoms with E-state index in [0.717, 1.165) is 17.7 Å². The van der Waals surface area contributed by atoms with Crippen molar-refractivity contribution in [2.45, 2.75) is 54.9 Å². The van der Waals surface area contributed by atoms with Crippen LogP contribution in [0.4, 0.5) is 0 Å². The van der Waals surface area contributed by atoms with Gasteiger partial charge in [0.05, 0.1) is 23.7 Å². The predicted molar refractivity (Wildman–Crippen MR) is 86.9 cm³/mol. The second-order valence-electron chi connectivity index (χ2n) is 7.63. The van der Waals surface area contributed by atoms with Crippen molar-refractivity contribution >= 4 is 0 Å². The van der Waals surface area contributed by atoms with E-state index in [4.69, 9.17) is 11.2 Å². The van der Waals surface area contributed by atoms with Gasteiger partial charge in [-0.1, -0.05) is 12.0 Å². The molecule has 5 nitrogen and oxygen atoms in total. The first kappa shape index (κ1) is 14.6. The molecule has 0 unspecified atom stereocenters. The Bertz CT molecular complexity index is 771. The fourth-order valence-electron chi connectivity index (χ4n) is 5.91. The van der Waals surface area contributed by atoms with Gasteiger partial charge in [0.1, 0.15) is 6.10 Å². The molecule has 1 saturated heterocycles. The lowest BCUT2D eigenvalue weighted by Crippen LogP contribution is -2.77. The third-order valence-corrected chi connectivity index (χ3v) is 6.84. The number of aliphatic hydroxyl groups excluding tert-OH is 1. The Balaban J connectivity index is 1.79. The third-order valence-electron chi connectivity index (χ3n) is 6.84. The van der Waals surface area contributed by atoms with Crippen molar-refractivity contribution in [3.05, 3.63) is 23.3 Å². The van der Waals surface area contributed by atoms with Crippen LogP contribution in [0.25, 0.3) is 0 Å². The van der Waals surface area contributed by atoms with Crippen LogP contribution in [0.1, 0.15) is 30.4 Å². The van der Waals surface area contributed by atoms with Crippen LogP contribution in [0.3, 0.4) is 0 Å². The molecule has 2 aliphatic heterocycles. The van der Waals surface area contributed by atoms with Gasteiger partial charge in [0.15, 0.2) is 11.5 Å². The van der Waals surface area contributed by atoms with E-state index < -0.39 is 23.2 Å². The van der Waals surface area contributed by atoms with Crippen molar-refractivity contribution in [1.29, 1.82) is 0 Å². The molecule has 5 atom stereocenters. The molecular formula is C19H21NO4. The monoisotopic (exact) mass is 327 g/mol. The van der Waals surface area contributed by atoms with Crippen LogP contribution < -0.4 is 4.74 Å². The van der Waals surface area contributed by atoms with Gasteiger partial charge in [0, 0.05) is 18.2 Å². The Labute approximate surface area is 140 Å². The summed E-state index contributed by atoms with van der Waals surface area (Å²) in [7, 11) is 0. The first-order valence-corrected chi connectivity index (χ1v) is 8.63. The number of phenols is 1. The molecule has 0 aromatic heterocycles. The van der Waals surface area contributed by atoms with E-state index in [9.17, 15) is 15.3 Å². The average Bonchev–Trinajstić information content (AvgIpc) is 2.91. The second kappa shape index (κ2) is 4.45. The van der Waals surface area contributed by atoms with Crippen LogP contribution in [0.15, 0.2) is 12.1 Å². The van der Waals surface area contributed by atoms with Crippen LogP contribution in [0.5, 0.6) is 11.5 Å². The van der Waals surface area contributed by atoms with Crippen molar-refractivity contribution < 1.29 is 20.1 Å². The second-order valence-corrected chi connectivity index (χ2v) is 7.63. The zero-order valence-corrected chi connectivity index (χ0v) is 13.4. The number of hydrogen-bond donors (Lipinski definition) is 3. The Morgan fingerprint density at radius 3 is 3.00 bits per heavy atom. The maximum atomic E-state index is 11.8. The third kappa shape index (κ3) is 1.40. The van der Waals surface area contributed by atoms with E-state index in [1.54, 1.807) is 6.07 Å². The number of benzene rings is 1. The van der Waals surface area contributed by atoms with Crippen LogP contribution in [0.2, 0.25) is 0 Å². The molecule has 1 aromatic carbocycles. The number of ether oxygens (including phenoxy) is 1. The molecule has 4 aliphatic rings. The molecule has 3 N–H and O–H groups in total. The maximum Gasteiger partial charge on any atom is 0.165 e. The highest BCUT2D eigenvalue weighted by molar-refractivity contribution is 5.62. The molecule has 24 heavy (non-hydrogen) atoms. The lowest BCUT2D eigenvalue weighted by Gasteiger charge is -2.63. The van der Waals surface area contributed by atoms with Gasteiger partial charge < -0.3 is 20.1 Å². The minimum atomic E-state index is -0.988. The zero-order valence-electron chi connectivity index (χ0n) is 13.4. The van der Waals surface area contributed by atoms with E-state index in [-0.39, 0.29) is 11.8 Å². The first-order chi connectivity index (χ1) is 11.5. The highest BCUT2D eigenvalue weighted by Gasteiger charge is 2.72. The molecule has 5 rings (SSSR count). The number of terminal acetylenes is 1. The van der Waals surface area contributed by atoms with E-state index in [1.807, 2.05) is 6.07 Å². The van der Waals surface area contributed by atoms with E-state index in [2.05, 4.69) is 10.8 Å². The summed E-state index contributed by atoms with van der Waals surface area (Å²) in [4.78, 5) is 2.19. The normalized spacial score (nSPS) is 42.1. The summed E-state index contributed by atoms with van der Waals surface area (Å²) in [6, 6.07) is 3.50. The number of hydrogen-bond acceptors (Lipinski definition) is 5. The summed E-state index contributed by atoms with van der Waals surface area (Å²) >= 11 is 0. The summed E-state index contributed by atoms with van der Waals surface area (Å²) in [5.74, 6) is 3.26. The largest absolute Gasteiger partial charge is 0.504 e. The summed E-state index contributed by atoms with van der Waals surface area (Å²) in [5.41, 5.74) is 0.376. The van der Waals surface area contributed by atoms with Gasteiger partial charge in [-0.2, -0.15) is 0 Å². The van der Waals surface area contributed by atoms with Crippen LogP contribution >= 0.6 is 0 Å². The fraction of sp³-hybridized carbons (Fsp3) is 0.579. The van der Waals surface area contributed by atoms with Crippen molar-refractivity contribution in [1.82, 2.24) is 4.90 Å². The fourth-order valence-corrected chi connectivity index (χ4v) is 5.91. The highest BCUT2D eigenvalue weighted by Crippen LogP contribution is 2.65. The molecular weight excluding hydrogens is 306 g/mol. The molecule has 5 heteroatoms. The minimum Gasteiger partial charge on any atom is -0.504 e. The SMILES string of the molecule is C#CCN1CC[C@]23c4c5ccc(O)c4O[C@H]2[C@@H](O)CC[C@@]3(O)[C@H]1C5. The van der Waals surface area contributed by atoms with Crippen LogP contribution in [-0.2, 0) is 11.8 Å². The number of aromatic hydroxyl groups is 1. The summed E-state index contributed by atoms with van der Waals surface area (Å²) < 4.78 is 6.06. The standard InChI is InChI=1S/C19H21NO4/c1-2-8-20-9-7-18-15-11-3-4-12(21)16(15)24-17(18)13(22)5-6-19(18,23)14(20)10-11/h1,3-4,13-14,17,21-23H,5-10H2/t13-,14+,17-,18-,19+/m0/s1. The van der Waals surface area contributed by atoms with Crippen LogP contribution in [0, 0.1) is 12.3 Å². The summed E-state index contributed by atoms with van der Waals surface area (Å²) in [6.45, 7) is 1.27. The molecule has 1 aromatic rings. The maximum absolute atomic E-state index is 11.8. The predicted octanol–water partition coefficient (Wildman–Crippen LogP) is 0.540. The van der Waals surface area contributed by atoms with Gasteiger partial charge in [-0.3, -0.25) is 4.90 Å². The quantitative estimate of drug-likeness (QED) is 0.657. The molecule has 2 heterocycles. The Morgan fingerprint density at radius 2 is 2.21 bits per heavy atom. The topological polar surface area (TPSA) is 73.2 Å². The van der Waals surface area contributed by atoms with Gasteiger partial charge in [-0.15, -0.1) is 6.42 Å². The molecule has 2 fully saturated rings. The lowest BCUT2D eigenvalue weighted by molar-refractivity contribution is -0.206. The highest BCUT2D eigenvalue weighted by atomic mass is 16.5. The summed E-state index contributed by atoms with van der Waals surface area (Å²) in [6.07, 6.45) is 6.78. The van der Waals surface area contributed by atoms with Gasteiger partial charge in [0.25, 0.3) is 0 Å². The van der Waals surface area contributed by atoms with Gasteiger partial charge in [-0.25, -0.2) is 0 Å². The van der Waals surface area contributed by atoms with Gasteiger partial charge in [0.2, 0.25) is 0 Å². The van der Waals surface area contributed by atoms with E-state index in [1.165, 1.54) is 0 Å². The molecule has 1 spiro atoms. The molecule has 1 saturated carbocycles. The lowest BCUT2D eigenvalue weighted by atomic mass is 9.48. The number of aliphatic hydroxyl groups is 2. The number of rotatable bonds is 1. The molecule has 0 amide bonds. The smallest absolute Gasteiger partial charge is 0.165 e. The Kier molecular flexibility index (Phi) is 2.71. The minimum absolute atomic E-state index is 0.0797. The van der Waals surface area contributed by atoms with Crippen molar-refractivity contribution in [3.8, 4) is 23.8 Å². The summed E-state index contributed by atoms with van der Waals surface area (Å²) in [5, 5.41) is 32.7. The number of piperidine rings is 1. The van der Waals surface area contributed by atoms with E-state index in [0.29, 0.717) is 38.0 Å². The van der Waals surface area contributed by atoms with Gasteiger partial charge >= 0.3 is 0 Å². The molecule has 0 radical (unpaired) electrons. The molecule has 2 bridgehead atoms. The van der Waals surface area contributed by atoms with Crippen molar-refractivity contribution in [3.63, 3.8) is 0 Å². The van der Waals surface area contributed by atoms with Crippen molar-refractivity contribution in [2.75, 3.05) is 13.1 Å². The first-order valence-electron chi connectivity index (χ1n) is 8.63. The number of likely N-dealkylation sites (tertiary alicyclic amines) is 1. The molecule has 2 aliphatic carbocycles. The average molecular weight is 327 g/mol. The Hall–Kier alpha value is -1.74. The van der Waals surface area contributed by atoms with Crippen LogP contribution in [-0.4, -0.2) is 57.2 Å². The van der Waals surface area contributed by atoms with E-state index >= 15 is 0 Å². The Morgan fingerprint density at radius 1 is 1.38 bits per heavy atom. The zero-order chi connectivity index (χ0) is 16.7. The number of phenolic OH excluding ortho intramolecular Hbond substituents is 1. The van der Waals surface area contributed by atoms with Gasteiger partial charge in [-0.05, 0) is 37.3 Å². The number of nitrogens with zero attached hydrogens (tertiary/aromatic N) is 1. The molecule has 126 valence electrons. The van der Waals surface area contributed by atoms with Crippen molar-refractivity contribution in [2.24, 2.45) is 0 Å².